The SMILES string of the molecule is Cc1ccc2c(NCCN(C)CCNc3ccnc4cc(Cl)ccc34)ccnc2c1. The molecule has 0 saturated carbocycles. The smallest absolute Gasteiger partial charge is 0.0737 e. The van der Waals surface area contributed by atoms with Crippen molar-refractivity contribution in [2.45, 2.75) is 6.92 Å². The standard InChI is InChI=1S/C24H26ClN5/c1-17-3-5-19-21(7-9-26-23(19)15-17)28-11-13-30(2)14-12-29-22-8-10-27-24-16-18(25)4-6-20(22)24/h3-10,15-16H,11-14H2,1-2H3,(H,26,28)(H,27,29). The van der Waals surface area contributed by atoms with E-state index in [9.17, 15) is 0 Å². The first kappa shape index (κ1) is 20.4. The number of nitrogens with zero attached hydrogens (tertiary/aromatic N) is 3. The van der Waals surface area contributed by atoms with Crippen molar-refractivity contribution in [3.63, 3.8) is 0 Å². The molecule has 4 aromatic rings. The Balaban J connectivity index is 1.28. The number of hydrogen-bond acceptors (Lipinski definition) is 5. The predicted octanol–water partition coefficient (Wildman–Crippen LogP) is 5.20. The third-order valence-electron chi connectivity index (χ3n) is 5.22. The topological polar surface area (TPSA) is 53.1 Å². The second kappa shape index (κ2) is 9.28. The number of likely N-dealkylation sites (N-methyl/N-ethyl adjacent to an activating group) is 1. The van der Waals surface area contributed by atoms with Gasteiger partial charge in [-0.15, -0.1) is 0 Å². The number of nitrogens with one attached hydrogen (secondary N) is 2. The molecule has 6 heteroatoms. The molecule has 0 fully saturated rings. The minimum atomic E-state index is 0.705. The summed E-state index contributed by atoms with van der Waals surface area (Å²) in [6, 6.07) is 16.2. The largest absolute Gasteiger partial charge is 0.383 e. The fourth-order valence-corrected chi connectivity index (χ4v) is 3.73. The normalized spacial score (nSPS) is 11.3. The van der Waals surface area contributed by atoms with E-state index in [2.05, 4.69) is 57.7 Å². The van der Waals surface area contributed by atoms with Crippen LogP contribution in [0.4, 0.5) is 11.4 Å². The number of hydrogen-bond donors (Lipinski definition) is 2. The van der Waals surface area contributed by atoms with Crippen molar-refractivity contribution in [2.24, 2.45) is 0 Å². The Morgan fingerprint density at radius 2 is 1.37 bits per heavy atom. The Morgan fingerprint density at radius 3 is 2.00 bits per heavy atom. The molecule has 0 spiro atoms. The highest BCUT2D eigenvalue weighted by Gasteiger charge is 2.05. The molecule has 154 valence electrons. The van der Waals surface area contributed by atoms with Gasteiger partial charge in [-0.1, -0.05) is 23.7 Å². The highest BCUT2D eigenvalue weighted by Crippen LogP contribution is 2.24. The molecule has 0 saturated heterocycles. The van der Waals surface area contributed by atoms with Crippen LogP contribution in [0.2, 0.25) is 5.02 Å². The van der Waals surface area contributed by atoms with Crippen molar-refractivity contribution in [3.05, 3.63) is 71.5 Å². The van der Waals surface area contributed by atoms with Gasteiger partial charge in [0.25, 0.3) is 0 Å². The van der Waals surface area contributed by atoms with Crippen LogP contribution in [-0.2, 0) is 0 Å². The monoisotopic (exact) mass is 419 g/mol. The van der Waals surface area contributed by atoms with Crippen molar-refractivity contribution in [1.82, 2.24) is 14.9 Å². The van der Waals surface area contributed by atoms with Crippen LogP contribution in [0, 0.1) is 6.92 Å². The summed E-state index contributed by atoms with van der Waals surface area (Å²) in [7, 11) is 2.14. The van der Waals surface area contributed by atoms with E-state index in [0.29, 0.717) is 5.02 Å². The van der Waals surface area contributed by atoms with Crippen molar-refractivity contribution in [3.8, 4) is 0 Å². The average molecular weight is 420 g/mol. The van der Waals surface area contributed by atoms with E-state index in [4.69, 9.17) is 11.6 Å². The highest BCUT2D eigenvalue weighted by molar-refractivity contribution is 6.31. The van der Waals surface area contributed by atoms with Crippen molar-refractivity contribution in [2.75, 3.05) is 43.9 Å². The maximum Gasteiger partial charge on any atom is 0.0737 e. The van der Waals surface area contributed by atoms with Crippen LogP contribution in [0.25, 0.3) is 21.8 Å². The molecule has 4 rings (SSSR count). The van der Waals surface area contributed by atoms with E-state index in [1.54, 1.807) is 0 Å². The molecule has 0 aliphatic rings. The zero-order valence-corrected chi connectivity index (χ0v) is 18.1. The van der Waals surface area contributed by atoms with Gasteiger partial charge in [-0.3, -0.25) is 9.97 Å². The molecule has 0 bridgehead atoms. The first-order chi connectivity index (χ1) is 14.6. The van der Waals surface area contributed by atoms with Crippen LogP contribution in [0.15, 0.2) is 60.9 Å². The molecular weight excluding hydrogens is 394 g/mol. The van der Waals surface area contributed by atoms with Crippen LogP contribution >= 0.6 is 11.6 Å². The number of fused-ring (bicyclic) bond motifs is 2. The minimum absolute atomic E-state index is 0.705. The summed E-state index contributed by atoms with van der Waals surface area (Å²) < 4.78 is 0. The first-order valence-corrected chi connectivity index (χ1v) is 10.5. The molecule has 0 unspecified atom stereocenters. The zero-order valence-electron chi connectivity index (χ0n) is 17.3. The number of anilines is 2. The fraction of sp³-hybridized carbons (Fsp3) is 0.250. The van der Waals surface area contributed by atoms with E-state index >= 15 is 0 Å². The average Bonchev–Trinajstić information content (AvgIpc) is 2.73. The molecular formula is C24H26ClN5. The summed E-state index contributed by atoms with van der Waals surface area (Å²) in [5.74, 6) is 0. The Kier molecular flexibility index (Phi) is 6.31. The van der Waals surface area contributed by atoms with Gasteiger partial charge in [-0.25, -0.2) is 0 Å². The summed E-state index contributed by atoms with van der Waals surface area (Å²) in [6.45, 7) is 5.71. The van der Waals surface area contributed by atoms with E-state index in [-0.39, 0.29) is 0 Å². The third-order valence-corrected chi connectivity index (χ3v) is 5.46. The zero-order chi connectivity index (χ0) is 20.9. The Hall–Kier alpha value is -2.89. The van der Waals surface area contributed by atoms with Gasteiger partial charge in [-0.05, 0) is 55.9 Å². The Morgan fingerprint density at radius 1 is 0.800 bits per heavy atom. The minimum Gasteiger partial charge on any atom is -0.383 e. The number of rotatable bonds is 8. The summed E-state index contributed by atoms with van der Waals surface area (Å²) in [5, 5.41) is 10.0. The van der Waals surface area contributed by atoms with E-state index in [0.717, 1.165) is 59.4 Å². The number of aryl methyl sites for hydroxylation is 1. The van der Waals surface area contributed by atoms with Crippen LogP contribution in [0.3, 0.4) is 0 Å². The molecule has 2 heterocycles. The molecule has 0 radical (unpaired) electrons. The predicted molar refractivity (Wildman–Crippen MR) is 128 cm³/mol. The van der Waals surface area contributed by atoms with Crippen molar-refractivity contribution < 1.29 is 0 Å². The summed E-state index contributed by atoms with van der Waals surface area (Å²) in [4.78, 5) is 11.2. The van der Waals surface area contributed by atoms with E-state index < -0.39 is 0 Å². The lowest BCUT2D eigenvalue weighted by atomic mass is 10.1. The number of aromatic nitrogens is 2. The third kappa shape index (κ3) is 4.81. The maximum atomic E-state index is 6.07. The van der Waals surface area contributed by atoms with Gasteiger partial charge in [0, 0.05) is 65.7 Å². The lowest BCUT2D eigenvalue weighted by molar-refractivity contribution is 0.361. The van der Waals surface area contributed by atoms with Gasteiger partial charge in [0.1, 0.15) is 0 Å². The van der Waals surface area contributed by atoms with Gasteiger partial charge in [0.2, 0.25) is 0 Å². The summed E-state index contributed by atoms with van der Waals surface area (Å²) in [5.41, 5.74) is 5.38. The van der Waals surface area contributed by atoms with Crippen LogP contribution in [-0.4, -0.2) is 48.1 Å². The van der Waals surface area contributed by atoms with Gasteiger partial charge < -0.3 is 15.5 Å². The quantitative estimate of drug-likeness (QED) is 0.411. The molecule has 30 heavy (non-hydrogen) atoms. The Labute approximate surface area is 182 Å². The highest BCUT2D eigenvalue weighted by atomic mass is 35.5. The maximum absolute atomic E-state index is 6.07. The molecule has 0 aliphatic carbocycles. The van der Waals surface area contributed by atoms with Crippen molar-refractivity contribution >= 4 is 44.8 Å². The number of pyridine rings is 2. The lowest BCUT2D eigenvalue weighted by Crippen LogP contribution is -2.29. The molecule has 0 atom stereocenters. The molecule has 2 aromatic carbocycles. The summed E-state index contributed by atoms with van der Waals surface area (Å²) in [6.07, 6.45) is 3.68. The Bertz CT molecular complexity index is 1070. The number of benzene rings is 2. The fourth-order valence-electron chi connectivity index (χ4n) is 3.56. The van der Waals surface area contributed by atoms with Crippen LogP contribution < -0.4 is 10.6 Å². The molecule has 5 nitrogen and oxygen atoms in total. The van der Waals surface area contributed by atoms with Crippen LogP contribution in [0.1, 0.15) is 5.56 Å². The van der Waals surface area contributed by atoms with Crippen LogP contribution in [0.5, 0.6) is 0 Å². The van der Waals surface area contributed by atoms with Crippen molar-refractivity contribution in [1.29, 1.82) is 0 Å². The second-order valence-corrected chi connectivity index (χ2v) is 7.99. The number of halogens is 1. The molecule has 2 aromatic heterocycles. The lowest BCUT2D eigenvalue weighted by Gasteiger charge is -2.19. The molecule has 2 N–H and O–H groups in total. The van der Waals surface area contributed by atoms with E-state index in [1.807, 2.05) is 42.7 Å². The summed E-state index contributed by atoms with van der Waals surface area (Å²) >= 11 is 6.07. The van der Waals surface area contributed by atoms with E-state index in [1.165, 1.54) is 5.56 Å². The van der Waals surface area contributed by atoms with Gasteiger partial charge in [0.05, 0.1) is 11.0 Å². The van der Waals surface area contributed by atoms with Gasteiger partial charge in [-0.2, -0.15) is 0 Å². The first-order valence-electron chi connectivity index (χ1n) is 10.2. The van der Waals surface area contributed by atoms with Gasteiger partial charge >= 0.3 is 0 Å². The second-order valence-electron chi connectivity index (χ2n) is 7.56. The molecule has 0 amide bonds. The molecule has 0 aliphatic heterocycles. The van der Waals surface area contributed by atoms with Gasteiger partial charge in [0.15, 0.2) is 0 Å².